The highest BCUT2D eigenvalue weighted by atomic mass is 15.3. The van der Waals surface area contributed by atoms with Gasteiger partial charge in [-0.1, -0.05) is 12.8 Å². The van der Waals surface area contributed by atoms with Gasteiger partial charge in [0.05, 0.1) is 12.4 Å². The van der Waals surface area contributed by atoms with Crippen molar-refractivity contribution in [3.63, 3.8) is 0 Å². The van der Waals surface area contributed by atoms with Gasteiger partial charge in [0.2, 0.25) is 0 Å². The molecule has 4 N–H and O–H groups in total. The summed E-state index contributed by atoms with van der Waals surface area (Å²) in [5, 5.41) is 3.42. The van der Waals surface area contributed by atoms with Crippen LogP contribution in [0.25, 0.3) is 0 Å². The van der Waals surface area contributed by atoms with E-state index in [4.69, 9.17) is 5.84 Å². The zero-order valence-corrected chi connectivity index (χ0v) is 8.95. The van der Waals surface area contributed by atoms with E-state index in [0.29, 0.717) is 5.82 Å². The molecule has 5 heteroatoms. The summed E-state index contributed by atoms with van der Waals surface area (Å²) >= 11 is 0. The number of nitrogens with zero attached hydrogens (tertiary/aromatic N) is 2. The number of anilines is 2. The van der Waals surface area contributed by atoms with Crippen molar-refractivity contribution < 1.29 is 0 Å². The van der Waals surface area contributed by atoms with E-state index in [9.17, 15) is 0 Å². The summed E-state index contributed by atoms with van der Waals surface area (Å²) in [4.78, 5) is 8.35. The highest BCUT2D eigenvalue weighted by Gasteiger charge is 2.28. The number of nitrogens with two attached hydrogens (primary N) is 1. The second kappa shape index (κ2) is 4.02. The monoisotopic (exact) mass is 207 g/mol. The minimum Gasteiger partial charge on any atom is -0.364 e. The second-order valence-corrected chi connectivity index (χ2v) is 4.33. The quantitative estimate of drug-likeness (QED) is 0.517. The standard InChI is InChI=1S/C10H17N5/c1-10(4-2-3-5-10)14-8-6-12-7-9(13-8)15-11/h6-7H,2-5,11H2,1H3,(H2,13,14,15). The maximum absolute atomic E-state index is 5.28. The molecule has 0 saturated heterocycles. The zero-order chi connectivity index (χ0) is 10.7. The van der Waals surface area contributed by atoms with Gasteiger partial charge in [-0.05, 0) is 19.8 Å². The first kappa shape index (κ1) is 10.2. The molecule has 0 radical (unpaired) electrons. The molecule has 0 aromatic carbocycles. The molecule has 0 aliphatic heterocycles. The number of hydrazine groups is 1. The summed E-state index contributed by atoms with van der Waals surface area (Å²) in [5.41, 5.74) is 2.66. The van der Waals surface area contributed by atoms with Crippen LogP contribution in [0.4, 0.5) is 11.6 Å². The molecule has 82 valence electrons. The summed E-state index contributed by atoms with van der Waals surface area (Å²) in [5.74, 6) is 6.65. The van der Waals surface area contributed by atoms with E-state index < -0.39 is 0 Å². The second-order valence-electron chi connectivity index (χ2n) is 4.33. The van der Waals surface area contributed by atoms with Gasteiger partial charge in [0.25, 0.3) is 0 Å². The number of hydrogen-bond donors (Lipinski definition) is 3. The molecule has 0 atom stereocenters. The average Bonchev–Trinajstić information content (AvgIpc) is 2.65. The van der Waals surface area contributed by atoms with Crippen molar-refractivity contribution in [2.75, 3.05) is 10.7 Å². The van der Waals surface area contributed by atoms with Crippen LogP contribution in [0.5, 0.6) is 0 Å². The van der Waals surface area contributed by atoms with E-state index in [2.05, 4.69) is 27.6 Å². The molecule has 5 nitrogen and oxygen atoms in total. The van der Waals surface area contributed by atoms with E-state index in [1.54, 1.807) is 12.4 Å². The minimum atomic E-state index is 0.169. The molecule has 1 fully saturated rings. The molecule has 1 aromatic heterocycles. The van der Waals surface area contributed by atoms with Crippen LogP contribution in [-0.2, 0) is 0 Å². The summed E-state index contributed by atoms with van der Waals surface area (Å²) in [7, 11) is 0. The molecule has 1 aliphatic carbocycles. The lowest BCUT2D eigenvalue weighted by atomic mass is 10.0. The van der Waals surface area contributed by atoms with E-state index >= 15 is 0 Å². The van der Waals surface area contributed by atoms with Crippen LogP contribution in [0.2, 0.25) is 0 Å². The maximum atomic E-state index is 5.28. The summed E-state index contributed by atoms with van der Waals surface area (Å²) in [6, 6.07) is 0. The molecule has 2 rings (SSSR count). The average molecular weight is 207 g/mol. The molecule has 0 amide bonds. The normalized spacial score (nSPS) is 18.8. The Kier molecular flexibility index (Phi) is 2.73. The van der Waals surface area contributed by atoms with Crippen molar-refractivity contribution in [2.24, 2.45) is 5.84 Å². The maximum Gasteiger partial charge on any atom is 0.160 e. The van der Waals surface area contributed by atoms with Crippen LogP contribution >= 0.6 is 0 Å². The third-order valence-electron chi connectivity index (χ3n) is 2.92. The smallest absolute Gasteiger partial charge is 0.160 e. The van der Waals surface area contributed by atoms with Crippen LogP contribution < -0.4 is 16.6 Å². The van der Waals surface area contributed by atoms with E-state index in [-0.39, 0.29) is 5.54 Å². The molecule has 1 aliphatic rings. The summed E-state index contributed by atoms with van der Waals surface area (Å²) in [6.45, 7) is 2.23. The van der Waals surface area contributed by atoms with Crippen molar-refractivity contribution in [3.05, 3.63) is 12.4 Å². The molecule has 0 unspecified atom stereocenters. The van der Waals surface area contributed by atoms with Crippen molar-refractivity contribution >= 4 is 11.6 Å². The lowest BCUT2D eigenvalue weighted by Gasteiger charge is -2.25. The van der Waals surface area contributed by atoms with Gasteiger partial charge >= 0.3 is 0 Å². The Labute approximate surface area is 89.5 Å². The van der Waals surface area contributed by atoms with E-state index in [0.717, 1.165) is 5.82 Å². The fourth-order valence-corrected chi connectivity index (χ4v) is 2.09. The van der Waals surface area contributed by atoms with E-state index in [1.807, 2.05) is 0 Å². The highest BCUT2D eigenvalue weighted by Crippen LogP contribution is 2.31. The highest BCUT2D eigenvalue weighted by molar-refractivity contribution is 5.42. The number of nitrogen functional groups attached to an aromatic ring is 1. The van der Waals surface area contributed by atoms with Gasteiger partial charge in [-0.15, -0.1) is 0 Å². The van der Waals surface area contributed by atoms with Crippen molar-refractivity contribution in [2.45, 2.75) is 38.1 Å². The Bertz CT molecular complexity index is 332. The molecular weight excluding hydrogens is 190 g/mol. The van der Waals surface area contributed by atoms with Gasteiger partial charge in [0.15, 0.2) is 5.82 Å². The summed E-state index contributed by atoms with van der Waals surface area (Å²) < 4.78 is 0. The molecule has 0 spiro atoms. The van der Waals surface area contributed by atoms with Gasteiger partial charge in [0, 0.05) is 5.54 Å². The van der Waals surface area contributed by atoms with Gasteiger partial charge in [0.1, 0.15) is 5.82 Å². The Morgan fingerprint density at radius 3 is 2.60 bits per heavy atom. The van der Waals surface area contributed by atoms with Crippen molar-refractivity contribution in [3.8, 4) is 0 Å². The Hall–Kier alpha value is -1.36. The van der Waals surface area contributed by atoms with Gasteiger partial charge in [-0.3, -0.25) is 4.98 Å². The first-order valence-corrected chi connectivity index (χ1v) is 5.29. The van der Waals surface area contributed by atoms with Crippen LogP contribution in [0.15, 0.2) is 12.4 Å². The number of aromatic nitrogens is 2. The van der Waals surface area contributed by atoms with Gasteiger partial charge in [-0.2, -0.15) is 0 Å². The molecule has 1 saturated carbocycles. The fraction of sp³-hybridized carbons (Fsp3) is 0.600. The largest absolute Gasteiger partial charge is 0.364 e. The number of hydrogen-bond acceptors (Lipinski definition) is 5. The molecule has 1 heterocycles. The number of rotatable bonds is 3. The van der Waals surface area contributed by atoms with Gasteiger partial charge in [-0.25, -0.2) is 10.8 Å². The lowest BCUT2D eigenvalue weighted by molar-refractivity contribution is 0.531. The predicted molar refractivity (Wildman–Crippen MR) is 60.3 cm³/mol. The Balaban J connectivity index is 2.09. The topological polar surface area (TPSA) is 75.9 Å². The fourth-order valence-electron chi connectivity index (χ4n) is 2.09. The van der Waals surface area contributed by atoms with Crippen molar-refractivity contribution in [1.82, 2.24) is 9.97 Å². The van der Waals surface area contributed by atoms with Crippen LogP contribution in [-0.4, -0.2) is 15.5 Å². The zero-order valence-electron chi connectivity index (χ0n) is 8.95. The third kappa shape index (κ3) is 2.36. The Morgan fingerprint density at radius 1 is 1.27 bits per heavy atom. The van der Waals surface area contributed by atoms with E-state index in [1.165, 1.54) is 25.7 Å². The molecule has 15 heavy (non-hydrogen) atoms. The molecule has 0 bridgehead atoms. The Morgan fingerprint density at radius 2 is 1.93 bits per heavy atom. The van der Waals surface area contributed by atoms with Crippen LogP contribution in [0.1, 0.15) is 32.6 Å². The first-order valence-electron chi connectivity index (χ1n) is 5.29. The predicted octanol–water partition coefficient (Wildman–Crippen LogP) is 1.51. The minimum absolute atomic E-state index is 0.169. The van der Waals surface area contributed by atoms with Crippen LogP contribution in [0.3, 0.4) is 0 Å². The van der Waals surface area contributed by atoms with Crippen molar-refractivity contribution in [1.29, 1.82) is 0 Å². The first-order chi connectivity index (χ1) is 7.22. The molecule has 1 aromatic rings. The SMILES string of the molecule is CC1(Nc2cncc(NN)n2)CCCC1. The van der Waals surface area contributed by atoms with Gasteiger partial charge < -0.3 is 10.7 Å². The lowest BCUT2D eigenvalue weighted by Crippen LogP contribution is -2.31. The molecular formula is C10H17N5. The van der Waals surface area contributed by atoms with Crippen LogP contribution in [0, 0.1) is 0 Å². The summed E-state index contributed by atoms with van der Waals surface area (Å²) in [6.07, 6.45) is 8.27. The third-order valence-corrected chi connectivity index (χ3v) is 2.92. The number of nitrogens with one attached hydrogen (secondary N) is 2.